The van der Waals surface area contributed by atoms with Crippen molar-refractivity contribution in [3.8, 4) is 0 Å². The minimum Gasteiger partial charge on any atom is -0.383 e. The van der Waals surface area contributed by atoms with Crippen LogP contribution in [0, 0.1) is 5.82 Å². The lowest BCUT2D eigenvalue weighted by molar-refractivity contribution is 0.140. The zero-order chi connectivity index (χ0) is 12.8. The third-order valence-electron chi connectivity index (χ3n) is 2.72. The third kappa shape index (κ3) is 3.92. The summed E-state index contributed by atoms with van der Waals surface area (Å²) in [5, 5.41) is 0.407. The smallest absolute Gasteiger partial charge is 0.124 e. The summed E-state index contributed by atoms with van der Waals surface area (Å²) in [6.45, 7) is 1.78. The molecule has 0 aliphatic rings. The number of hydrogen-bond acceptors (Lipinski definition) is 3. The number of methoxy groups -OCH3 is 1. The first-order valence-corrected chi connectivity index (χ1v) is 5.82. The molecule has 3 nitrogen and oxygen atoms in total. The van der Waals surface area contributed by atoms with Crippen LogP contribution >= 0.6 is 11.6 Å². The van der Waals surface area contributed by atoms with Crippen molar-refractivity contribution in [2.45, 2.75) is 6.04 Å². The Labute approximate surface area is 106 Å². The molecular formula is C12H18ClFN2O. The van der Waals surface area contributed by atoms with Gasteiger partial charge in [0.2, 0.25) is 0 Å². The van der Waals surface area contributed by atoms with Crippen molar-refractivity contribution >= 4 is 11.6 Å². The van der Waals surface area contributed by atoms with E-state index in [1.54, 1.807) is 13.2 Å². The van der Waals surface area contributed by atoms with Crippen LogP contribution in [-0.2, 0) is 4.74 Å². The molecule has 0 fully saturated rings. The molecule has 1 aromatic rings. The van der Waals surface area contributed by atoms with Crippen molar-refractivity contribution in [2.75, 3.05) is 33.9 Å². The van der Waals surface area contributed by atoms with Gasteiger partial charge in [0.15, 0.2) is 0 Å². The lowest BCUT2D eigenvalue weighted by Crippen LogP contribution is -2.33. The van der Waals surface area contributed by atoms with Gasteiger partial charge >= 0.3 is 0 Å². The van der Waals surface area contributed by atoms with E-state index in [2.05, 4.69) is 0 Å². The van der Waals surface area contributed by atoms with Crippen LogP contribution in [0.15, 0.2) is 18.2 Å². The number of halogens is 2. The summed E-state index contributed by atoms with van der Waals surface area (Å²) in [4.78, 5) is 2.04. The zero-order valence-electron chi connectivity index (χ0n) is 10.1. The average molecular weight is 261 g/mol. The van der Waals surface area contributed by atoms with Gasteiger partial charge in [-0.1, -0.05) is 17.7 Å². The van der Waals surface area contributed by atoms with Crippen molar-refractivity contribution in [3.05, 3.63) is 34.6 Å². The zero-order valence-corrected chi connectivity index (χ0v) is 10.9. The first kappa shape index (κ1) is 14.4. The van der Waals surface area contributed by atoms with E-state index in [1.165, 1.54) is 12.1 Å². The van der Waals surface area contributed by atoms with Crippen molar-refractivity contribution < 1.29 is 9.13 Å². The highest BCUT2D eigenvalue weighted by Gasteiger charge is 2.18. The monoisotopic (exact) mass is 260 g/mol. The summed E-state index contributed by atoms with van der Waals surface area (Å²) in [6.07, 6.45) is 0. The Bertz CT molecular complexity index is 362. The normalized spacial score (nSPS) is 13.1. The molecule has 0 amide bonds. The average Bonchev–Trinajstić information content (AvgIpc) is 2.30. The molecule has 0 heterocycles. The van der Waals surface area contributed by atoms with Crippen LogP contribution in [0.2, 0.25) is 5.02 Å². The molecule has 1 atom stereocenters. The van der Waals surface area contributed by atoms with Crippen molar-refractivity contribution in [3.63, 3.8) is 0 Å². The SMILES string of the molecule is COCCN(C)C(CN)c1ccc(F)cc1Cl. The lowest BCUT2D eigenvalue weighted by Gasteiger charge is -2.27. The Morgan fingerprint density at radius 2 is 2.24 bits per heavy atom. The highest BCUT2D eigenvalue weighted by atomic mass is 35.5. The Kier molecular flexibility index (Phi) is 5.85. The van der Waals surface area contributed by atoms with Crippen LogP contribution in [0.3, 0.4) is 0 Å². The van der Waals surface area contributed by atoms with Gasteiger partial charge in [0.25, 0.3) is 0 Å². The topological polar surface area (TPSA) is 38.5 Å². The van der Waals surface area contributed by atoms with Gasteiger partial charge in [0.05, 0.1) is 6.61 Å². The molecule has 0 saturated carbocycles. The molecule has 0 aromatic heterocycles. The maximum Gasteiger partial charge on any atom is 0.124 e. The fourth-order valence-electron chi connectivity index (χ4n) is 1.71. The number of hydrogen-bond donors (Lipinski definition) is 1. The highest BCUT2D eigenvalue weighted by molar-refractivity contribution is 6.31. The van der Waals surface area contributed by atoms with E-state index in [0.717, 1.165) is 12.1 Å². The van der Waals surface area contributed by atoms with Gasteiger partial charge in [-0.05, 0) is 24.7 Å². The molecule has 5 heteroatoms. The lowest BCUT2D eigenvalue weighted by atomic mass is 10.1. The molecule has 17 heavy (non-hydrogen) atoms. The van der Waals surface area contributed by atoms with Gasteiger partial charge in [-0.15, -0.1) is 0 Å². The molecule has 0 aliphatic carbocycles. The molecule has 1 aromatic carbocycles. The van der Waals surface area contributed by atoms with Crippen LogP contribution in [-0.4, -0.2) is 38.8 Å². The number of benzene rings is 1. The molecule has 1 unspecified atom stereocenters. The van der Waals surface area contributed by atoms with Crippen LogP contribution in [0.5, 0.6) is 0 Å². The second-order valence-corrected chi connectivity index (χ2v) is 4.30. The first-order chi connectivity index (χ1) is 8.10. The van der Waals surface area contributed by atoms with E-state index in [4.69, 9.17) is 22.1 Å². The molecule has 0 radical (unpaired) electrons. The minimum absolute atomic E-state index is 0.0294. The number of nitrogens with two attached hydrogens (primary N) is 1. The fraction of sp³-hybridized carbons (Fsp3) is 0.500. The van der Waals surface area contributed by atoms with Crippen LogP contribution in [0.1, 0.15) is 11.6 Å². The molecule has 1 rings (SSSR count). The van der Waals surface area contributed by atoms with Crippen LogP contribution < -0.4 is 5.73 Å². The second kappa shape index (κ2) is 6.91. The Morgan fingerprint density at radius 3 is 2.76 bits per heavy atom. The van der Waals surface area contributed by atoms with Gasteiger partial charge in [-0.2, -0.15) is 0 Å². The van der Waals surface area contributed by atoms with E-state index in [1.807, 2.05) is 11.9 Å². The minimum atomic E-state index is -0.339. The van der Waals surface area contributed by atoms with Gasteiger partial charge in [0, 0.05) is 31.3 Å². The predicted molar refractivity (Wildman–Crippen MR) is 67.7 cm³/mol. The first-order valence-electron chi connectivity index (χ1n) is 5.44. The largest absolute Gasteiger partial charge is 0.383 e. The molecule has 0 bridgehead atoms. The summed E-state index contributed by atoms with van der Waals surface area (Å²) < 4.78 is 18.0. The number of rotatable bonds is 6. The summed E-state index contributed by atoms with van der Waals surface area (Å²) in [5.74, 6) is -0.339. The van der Waals surface area contributed by atoms with Gasteiger partial charge in [-0.3, -0.25) is 4.90 Å². The number of nitrogens with zero attached hydrogens (tertiary/aromatic N) is 1. The van der Waals surface area contributed by atoms with Gasteiger partial charge < -0.3 is 10.5 Å². The van der Waals surface area contributed by atoms with Crippen LogP contribution in [0.4, 0.5) is 4.39 Å². The predicted octanol–water partition coefficient (Wildman–Crippen LogP) is 2.06. The Morgan fingerprint density at radius 1 is 1.53 bits per heavy atom. The van der Waals surface area contributed by atoms with E-state index in [0.29, 0.717) is 18.2 Å². The molecule has 0 saturated heterocycles. The summed E-state index contributed by atoms with van der Waals surface area (Å²) in [7, 11) is 3.59. The highest BCUT2D eigenvalue weighted by Crippen LogP contribution is 2.26. The molecule has 0 spiro atoms. The molecule has 0 aliphatic heterocycles. The number of ether oxygens (including phenoxy) is 1. The maximum absolute atomic E-state index is 13.0. The number of likely N-dealkylation sites (N-methyl/N-ethyl adjacent to an activating group) is 1. The van der Waals surface area contributed by atoms with E-state index < -0.39 is 0 Å². The van der Waals surface area contributed by atoms with Crippen molar-refractivity contribution in [1.82, 2.24) is 4.90 Å². The standard InChI is InChI=1S/C12H18ClFN2O/c1-16(5-6-17-2)12(8-15)10-4-3-9(14)7-11(10)13/h3-4,7,12H,5-6,8,15H2,1-2H3. The Hall–Kier alpha value is -0.680. The summed E-state index contributed by atoms with van der Waals surface area (Å²) in [6, 6.07) is 4.36. The van der Waals surface area contributed by atoms with E-state index >= 15 is 0 Å². The maximum atomic E-state index is 13.0. The fourth-order valence-corrected chi connectivity index (χ4v) is 2.00. The summed E-state index contributed by atoms with van der Waals surface area (Å²) in [5.41, 5.74) is 6.59. The molecule has 2 N–H and O–H groups in total. The summed E-state index contributed by atoms with van der Waals surface area (Å²) >= 11 is 6.03. The molecule has 96 valence electrons. The van der Waals surface area contributed by atoms with Crippen molar-refractivity contribution in [1.29, 1.82) is 0 Å². The van der Waals surface area contributed by atoms with Gasteiger partial charge in [-0.25, -0.2) is 4.39 Å². The van der Waals surface area contributed by atoms with Crippen molar-refractivity contribution in [2.24, 2.45) is 5.73 Å². The Balaban J connectivity index is 2.85. The third-order valence-corrected chi connectivity index (χ3v) is 3.05. The van der Waals surface area contributed by atoms with E-state index in [-0.39, 0.29) is 11.9 Å². The quantitative estimate of drug-likeness (QED) is 0.851. The van der Waals surface area contributed by atoms with Crippen LogP contribution in [0.25, 0.3) is 0 Å². The second-order valence-electron chi connectivity index (χ2n) is 3.89. The molecular weight excluding hydrogens is 243 g/mol. The van der Waals surface area contributed by atoms with Gasteiger partial charge in [0.1, 0.15) is 5.82 Å². The van der Waals surface area contributed by atoms with E-state index in [9.17, 15) is 4.39 Å².